The molecule has 2 atom stereocenters. The molecule has 0 spiro atoms. The molecule has 1 saturated heterocycles. The molecule has 0 aromatic rings. The Hall–Kier alpha value is -1.10. The molecule has 5 nitrogen and oxygen atoms in total. The SMILES string of the molecule is CN1CCC(CCNC(=O)C2CCCC2C(=O)O)CC1. The summed E-state index contributed by atoms with van der Waals surface area (Å²) in [4.78, 5) is 25.5. The van der Waals surface area contributed by atoms with Gasteiger partial charge in [0.1, 0.15) is 0 Å². The Morgan fingerprint density at radius 1 is 1.15 bits per heavy atom. The van der Waals surface area contributed by atoms with Crippen LogP contribution in [0.2, 0.25) is 0 Å². The number of carboxylic acids is 1. The van der Waals surface area contributed by atoms with Crippen molar-refractivity contribution in [1.29, 1.82) is 0 Å². The summed E-state index contributed by atoms with van der Waals surface area (Å²) in [6, 6.07) is 0. The Morgan fingerprint density at radius 2 is 1.80 bits per heavy atom. The molecule has 2 N–H and O–H groups in total. The standard InChI is InChI=1S/C15H26N2O3/c1-17-9-6-11(7-10-17)5-8-16-14(18)12-3-2-4-13(12)15(19)20/h11-13H,2-10H2,1H3,(H,16,18)(H,19,20). The minimum Gasteiger partial charge on any atom is -0.481 e. The summed E-state index contributed by atoms with van der Waals surface area (Å²) in [7, 11) is 2.14. The molecule has 2 aliphatic rings. The first-order chi connectivity index (χ1) is 9.58. The lowest BCUT2D eigenvalue weighted by Gasteiger charge is -2.29. The molecule has 0 aromatic carbocycles. The topological polar surface area (TPSA) is 69.6 Å². The van der Waals surface area contributed by atoms with Crippen LogP contribution >= 0.6 is 0 Å². The third-order valence-corrected chi connectivity index (χ3v) is 4.86. The van der Waals surface area contributed by atoms with E-state index in [1.807, 2.05) is 0 Å². The van der Waals surface area contributed by atoms with Crippen molar-refractivity contribution in [2.24, 2.45) is 17.8 Å². The van der Waals surface area contributed by atoms with Gasteiger partial charge in [-0.2, -0.15) is 0 Å². The van der Waals surface area contributed by atoms with E-state index in [-0.39, 0.29) is 11.8 Å². The lowest BCUT2D eigenvalue weighted by Crippen LogP contribution is -2.37. The van der Waals surface area contributed by atoms with E-state index >= 15 is 0 Å². The third-order valence-electron chi connectivity index (χ3n) is 4.86. The second-order valence-electron chi connectivity index (χ2n) is 6.31. The molecule has 1 saturated carbocycles. The summed E-state index contributed by atoms with van der Waals surface area (Å²) >= 11 is 0. The number of piperidine rings is 1. The van der Waals surface area contributed by atoms with Gasteiger partial charge in [0.05, 0.1) is 11.8 Å². The molecule has 20 heavy (non-hydrogen) atoms. The summed E-state index contributed by atoms with van der Waals surface area (Å²) in [6.45, 7) is 2.97. The van der Waals surface area contributed by atoms with E-state index in [1.165, 1.54) is 12.8 Å². The third kappa shape index (κ3) is 3.95. The molecule has 0 aromatic heterocycles. The van der Waals surface area contributed by atoms with Crippen LogP contribution in [0.1, 0.15) is 38.5 Å². The van der Waals surface area contributed by atoms with E-state index in [9.17, 15) is 9.59 Å². The summed E-state index contributed by atoms with van der Waals surface area (Å²) in [5, 5.41) is 12.1. The fourth-order valence-electron chi connectivity index (χ4n) is 3.45. The lowest BCUT2D eigenvalue weighted by molar-refractivity contribution is -0.146. The van der Waals surface area contributed by atoms with E-state index in [0.29, 0.717) is 18.9 Å². The van der Waals surface area contributed by atoms with Crippen molar-refractivity contribution in [3.63, 3.8) is 0 Å². The van der Waals surface area contributed by atoms with E-state index in [0.717, 1.165) is 32.4 Å². The fourth-order valence-corrected chi connectivity index (χ4v) is 3.45. The molecular formula is C15H26N2O3. The molecule has 1 amide bonds. The van der Waals surface area contributed by atoms with Gasteiger partial charge in [-0.1, -0.05) is 6.42 Å². The number of hydrogen-bond acceptors (Lipinski definition) is 3. The van der Waals surface area contributed by atoms with Crippen molar-refractivity contribution in [3.05, 3.63) is 0 Å². The molecule has 5 heteroatoms. The van der Waals surface area contributed by atoms with Gasteiger partial charge < -0.3 is 15.3 Å². The summed E-state index contributed by atoms with van der Waals surface area (Å²) in [5.41, 5.74) is 0. The number of carboxylic acid groups (broad SMARTS) is 1. The zero-order valence-corrected chi connectivity index (χ0v) is 12.3. The van der Waals surface area contributed by atoms with Gasteiger partial charge in [0.25, 0.3) is 0 Å². The Bertz CT molecular complexity index is 351. The van der Waals surface area contributed by atoms with Crippen LogP contribution in [0, 0.1) is 17.8 Å². The van der Waals surface area contributed by atoms with Crippen molar-refractivity contribution >= 4 is 11.9 Å². The number of amides is 1. The first kappa shape index (κ1) is 15.3. The molecule has 2 unspecified atom stereocenters. The minimum atomic E-state index is -0.821. The number of likely N-dealkylation sites (tertiary alicyclic amines) is 1. The molecule has 2 rings (SSSR count). The molecule has 1 aliphatic heterocycles. The quantitative estimate of drug-likeness (QED) is 0.798. The lowest BCUT2D eigenvalue weighted by atomic mass is 9.93. The highest BCUT2D eigenvalue weighted by Gasteiger charge is 2.37. The average molecular weight is 282 g/mol. The first-order valence-corrected chi connectivity index (χ1v) is 7.77. The van der Waals surface area contributed by atoms with Crippen molar-refractivity contribution in [2.45, 2.75) is 38.5 Å². The summed E-state index contributed by atoms with van der Waals surface area (Å²) < 4.78 is 0. The normalized spacial score (nSPS) is 28.4. The smallest absolute Gasteiger partial charge is 0.307 e. The Balaban J connectivity index is 1.68. The van der Waals surface area contributed by atoms with Crippen LogP contribution in [0.5, 0.6) is 0 Å². The molecular weight excluding hydrogens is 256 g/mol. The number of nitrogens with zero attached hydrogens (tertiary/aromatic N) is 1. The summed E-state index contributed by atoms with van der Waals surface area (Å²) in [6.07, 6.45) is 5.63. The molecule has 2 fully saturated rings. The van der Waals surface area contributed by atoms with Crippen LogP contribution in [-0.4, -0.2) is 48.6 Å². The first-order valence-electron chi connectivity index (χ1n) is 7.77. The van der Waals surface area contributed by atoms with Gasteiger partial charge in [0.2, 0.25) is 5.91 Å². The largest absolute Gasteiger partial charge is 0.481 e. The van der Waals surface area contributed by atoms with E-state index in [2.05, 4.69) is 17.3 Å². The fraction of sp³-hybridized carbons (Fsp3) is 0.867. The molecule has 0 radical (unpaired) electrons. The van der Waals surface area contributed by atoms with Crippen molar-refractivity contribution < 1.29 is 14.7 Å². The van der Waals surface area contributed by atoms with Gasteiger partial charge in [-0.25, -0.2) is 0 Å². The second kappa shape index (κ2) is 7.07. The van der Waals surface area contributed by atoms with Crippen molar-refractivity contribution in [2.75, 3.05) is 26.7 Å². The van der Waals surface area contributed by atoms with Crippen LogP contribution < -0.4 is 5.32 Å². The molecule has 114 valence electrons. The molecule has 1 aliphatic carbocycles. The Morgan fingerprint density at radius 3 is 2.45 bits per heavy atom. The minimum absolute atomic E-state index is 0.0529. The van der Waals surface area contributed by atoms with Crippen LogP contribution in [0.4, 0.5) is 0 Å². The van der Waals surface area contributed by atoms with Crippen LogP contribution in [0.3, 0.4) is 0 Å². The zero-order valence-electron chi connectivity index (χ0n) is 12.3. The van der Waals surface area contributed by atoms with Crippen molar-refractivity contribution in [1.82, 2.24) is 10.2 Å². The van der Waals surface area contributed by atoms with E-state index in [1.54, 1.807) is 0 Å². The summed E-state index contributed by atoms with van der Waals surface area (Å²) in [5.74, 6) is -0.963. The van der Waals surface area contributed by atoms with Gasteiger partial charge in [-0.05, 0) is 58.2 Å². The van der Waals surface area contributed by atoms with E-state index < -0.39 is 11.9 Å². The van der Waals surface area contributed by atoms with Crippen LogP contribution in [-0.2, 0) is 9.59 Å². The Labute approximate surface area is 120 Å². The molecule has 1 heterocycles. The van der Waals surface area contributed by atoms with Gasteiger partial charge in [-0.15, -0.1) is 0 Å². The Kier molecular flexibility index (Phi) is 5.40. The maximum absolute atomic E-state index is 12.1. The average Bonchev–Trinajstić information content (AvgIpc) is 2.90. The zero-order chi connectivity index (χ0) is 14.5. The predicted molar refractivity (Wildman–Crippen MR) is 76.3 cm³/mol. The van der Waals surface area contributed by atoms with Crippen molar-refractivity contribution in [3.8, 4) is 0 Å². The van der Waals surface area contributed by atoms with Crippen LogP contribution in [0.25, 0.3) is 0 Å². The number of hydrogen-bond donors (Lipinski definition) is 2. The van der Waals surface area contributed by atoms with Gasteiger partial charge in [0.15, 0.2) is 0 Å². The highest BCUT2D eigenvalue weighted by molar-refractivity contribution is 5.85. The monoisotopic (exact) mass is 282 g/mol. The highest BCUT2D eigenvalue weighted by atomic mass is 16.4. The number of rotatable bonds is 5. The molecule has 0 bridgehead atoms. The van der Waals surface area contributed by atoms with Gasteiger partial charge in [0, 0.05) is 6.54 Å². The number of aliphatic carboxylic acids is 1. The maximum Gasteiger partial charge on any atom is 0.307 e. The second-order valence-corrected chi connectivity index (χ2v) is 6.31. The highest BCUT2D eigenvalue weighted by Crippen LogP contribution is 2.32. The van der Waals surface area contributed by atoms with Gasteiger partial charge >= 0.3 is 5.97 Å². The number of carbonyl (C=O) groups is 2. The van der Waals surface area contributed by atoms with Gasteiger partial charge in [-0.3, -0.25) is 9.59 Å². The van der Waals surface area contributed by atoms with E-state index in [4.69, 9.17) is 5.11 Å². The number of nitrogens with one attached hydrogen (secondary N) is 1. The maximum atomic E-state index is 12.1. The number of carbonyl (C=O) groups excluding carboxylic acids is 1. The van der Waals surface area contributed by atoms with Crippen LogP contribution in [0.15, 0.2) is 0 Å². The predicted octanol–water partition coefficient (Wildman–Crippen LogP) is 1.34.